The van der Waals surface area contributed by atoms with Crippen molar-refractivity contribution in [3.8, 4) is 0 Å². The maximum atomic E-state index is 12.9. The molecular weight excluding hydrogens is 499 g/mol. The summed E-state index contributed by atoms with van der Waals surface area (Å²) in [5.74, 6) is 0.276. The van der Waals surface area contributed by atoms with Gasteiger partial charge in [0.05, 0.1) is 17.3 Å². The standard InChI is InChI=1S/C23H26N4O4S.2ClH/c28-23(24-10-4-11-26-12-9-16-5-1-2-6-17(16)15-26)19-13-18-14-25-21-8-3-7-20(27(18)21)22(19)32(29,30)31;;/h1-3,5-8,13,18,25H,4,9-12,14-15H2,(H,24,28)(H,29,30,31);2*1H. The molecule has 4 aliphatic heterocycles. The minimum absolute atomic E-state index is 0. The first kappa shape index (κ1) is 26.3. The Morgan fingerprint density at radius 1 is 1.21 bits per heavy atom. The number of amides is 1. The molecule has 4 aliphatic rings. The highest BCUT2D eigenvalue weighted by molar-refractivity contribution is 7.90. The number of fused-ring (bicyclic) bond motifs is 1. The normalized spacial score (nSPS) is 20.7. The highest BCUT2D eigenvalue weighted by atomic mass is 35.5. The quantitative estimate of drug-likeness (QED) is 0.385. The van der Waals surface area contributed by atoms with Crippen molar-refractivity contribution < 1.29 is 17.8 Å². The van der Waals surface area contributed by atoms with Gasteiger partial charge >= 0.3 is 0 Å². The monoisotopic (exact) mass is 526 g/mol. The van der Waals surface area contributed by atoms with Crippen molar-refractivity contribution >= 4 is 40.8 Å². The molecule has 1 aromatic carbocycles. The van der Waals surface area contributed by atoms with Crippen LogP contribution in [0.1, 0.15) is 17.5 Å². The van der Waals surface area contributed by atoms with E-state index in [1.54, 1.807) is 23.1 Å². The molecule has 1 amide bonds. The zero-order valence-electron chi connectivity index (χ0n) is 18.4. The van der Waals surface area contributed by atoms with Gasteiger partial charge in [0.15, 0.2) is 0 Å². The number of hydrogen-bond donors (Lipinski definition) is 3. The number of carbonyl (C=O) groups excluding carboxylic acids is 1. The van der Waals surface area contributed by atoms with Crippen molar-refractivity contribution in [3.63, 3.8) is 0 Å². The van der Waals surface area contributed by atoms with Gasteiger partial charge in [-0.15, -0.1) is 24.8 Å². The summed E-state index contributed by atoms with van der Waals surface area (Å²) in [6, 6.07) is 8.28. The SMILES string of the molecule is Cl.Cl.O=C(NCCCN1CCc2ccccc2C1)C1=CC2CNC3=CC=CC(=C1S(=O)(=O)O)N32. The number of nitrogens with one attached hydrogen (secondary N) is 2. The molecule has 1 unspecified atom stereocenters. The van der Waals surface area contributed by atoms with Crippen LogP contribution in [0.15, 0.2) is 70.6 Å². The summed E-state index contributed by atoms with van der Waals surface area (Å²) in [5, 5.41) is 6.05. The predicted molar refractivity (Wildman–Crippen MR) is 135 cm³/mol. The number of allylic oxidation sites excluding steroid dienone is 3. The summed E-state index contributed by atoms with van der Waals surface area (Å²) in [5.41, 5.74) is 3.07. The minimum Gasteiger partial charge on any atom is -0.369 e. The van der Waals surface area contributed by atoms with Gasteiger partial charge < -0.3 is 15.5 Å². The van der Waals surface area contributed by atoms with Gasteiger partial charge in [-0.05, 0) is 42.2 Å². The van der Waals surface area contributed by atoms with Crippen LogP contribution in [0.5, 0.6) is 0 Å². The van der Waals surface area contributed by atoms with E-state index < -0.39 is 16.0 Å². The number of benzene rings is 1. The van der Waals surface area contributed by atoms with Crippen molar-refractivity contribution in [1.29, 1.82) is 0 Å². The fourth-order valence-electron chi connectivity index (χ4n) is 4.84. The Bertz CT molecular complexity index is 1190. The third-order valence-corrected chi connectivity index (χ3v) is 7.28. The maximum absolute atomic E-state index is 12.9. The molecule has 0 aromatic heterocycles. The lowest BCUT2D eigenvalue weighted by Crippen LogP contribution is -2.39. The first-order valence-electron chi connectivity index (χ1n) is 10.8. The van der Waals surface area contributed by atoms with Crippen LogP contribution < -0.4 is 10.6 Å². The summed E-state index contributed by atoms with van der Waals surface area (Å²) < 4.78 is 34.3. The van der Waals surface area contributed by atoms with Crippen molar-refractivity contribution in [2.24, 2.45) is 0 Å². The molecule has 1 fully saturated rings. The highest BCUT2D eigenvalue weighted by Gasteiger charge is 2.41. The molecule has 0 radical (unpaired) electrons. The minimum atomic E-state index is -4.59. The Labute approximate surface area is 212 Å². The van der Waals surface area contributed by atoms with E-state index in [2.05, 4.69) is 39.8 Å². The van der Waals surface area contributed by atoms with E-state index in [1.807, 2.05) is 6.08 Å². The van der Waals surface area contributed by atoms with E-state index >= 15 is 0 Å². The van der Waals surface area contributed by atoms with Crippen LogP contribution in [0.25, 0.3) is 0 Å². The van der Waals surface area contributed by atoms with Crippen LogP contribution in [0.2, 0.25) is 0 Å². The second-order valence-corrected chi connectivity index (χ2v) is 9.76. The molecule has 0 aliphatic carbocycles. The summed E-state index contributed by atoms with van der Waals surface area (Å²) in [6.45, 7) is 3.72. The number of hydrogen-bond acceptors (Lipinski definition) is 6. The van der Waals surface area contributed by atoms with Gasteiger partial charge in [0.1, 0.15) is 10.7 Å². The van der Waals surface area contributed by atoms with Gasteiger partial charge in [-0.2, -0.15) is 8.42 Å². The zero-order valence-corrected chi connectivity index (χ0v) is 20.9. The van der Waals surface area contributed by atoms with Crippen LogP contribution in [-0.2, 0) is 27.9 Å². The Hall–Kier alpha value is -2.30. The molecule has 11 heteroatoms. The Morgan fingerprint density at radius 2 is 1.97 bits per heavy atom. The van der Waals surface area contributed by atoms with Crippen molar-refractivity contribution in [1.82, 2.24) is 20.4 Å². The largest absolute Gasteiger partial charge is 0.369 e. The van der Waals surface area contributed by atoms with E-state index in [1.165, 1.54) is 11.1 Å². The molecule has 1 saturated heterocycles. The van der Waals surface area contributed by atoms with Crippen LogP contribution >= 0.6 is 24.8 Å². The average molecular weight is 527 g/mol. The number of nitrogens with zero attached hydrogens (tertiary/aromatic N) is 2. The van der Waals surface area contributed by atoms with Gasteiger partial charge in [-0.1, -0.05) is 30.3 Å². The van der Waals surface area contributed by atoms with E-state index in [9.17, 15) is 17.8 Å². The average Bonchev–Trinajstić information content (AvgIpc) is 3.20. The lowest BCUT2D eigenvalue weighted by atomic mass is 10.00. The Morgan fingerprint density at radius 3 is 2.74 bits per heavy atom. The highest BCUT2D eigenvalue weighted by Crippen LogP contribution is 2.37. The van der Waals surface area contributed by atoms with Crippen LogP contribution in [0, 0.1) is 0 Å². The zero-order chi connectivity index (χ0) is 22.3. The molecule has 8 nitrogen and oxygen atoms in total. The van der Waals surface area contributed by atoms with Crippen molar-refractivity contribution in [2.45, 2.75) is 25.4 Å². The molecule has 34 heavy (non-hydrogen) atoms. The van der Waals surface area contributed by atoms with E-state index in [0.29, 0.717) is 18.8 Å². The van der Waals surface area contributed by atoms with Crippen LogP contribution in [0.4, 0.5) is 0 Å². The van der Waals surface area contributed by atoms with E-state index in [0.717, 1.165) is 38.3 Å². The van der Waals surface area contributed by atoms with Gasteiger partial charge in [0.25, 0.3) is 16.0 Å². The molecule has 3 N–H and O–H groups in total. The second-order valence-electron chi connectivity index (χ2n) is 8.40. The molecule has 1 atom stereocenters. The number of rotatable bonds is 6. The summed E-state index contributed by atoms with van der Waals surface area (Å²) in [6.07, 6.45) is 8.55. The molecule has 184 valence electrons. The smallest absolute Gasteiger partial charge is 0.297 e. The summed E-state index contributed by atoms with van der Waals surface area (Å²) in [7, 11) is -4.59. The maximum Gasteiger partial charge on any atom is 0.297 e. The predicted octanol–water partition coefficient (Wildman–Crippen LogP) is 2.12. The van der Waals surface area contributed by atoms with Crippen molar-refractivity contribution in [2.75, 3.05) is 26.2 Å². The summed E-state index contributed by atoms with van der Waals surface area (Å²) in [4.78, 5) is 16.8. The number of carbonyl (C=O) groups is 1. The van der Waals surface area contributed by atoms with Gasteiger partial charge in [-0.3, -0.25) is 14.2 Å². The fraction of sp³-hybridized carbons (Fsp3) is 0.348. The van der Waals surface area contributed by atoms with Gasteiger partial charge in [0.2, 0.25) is 0 Å². The molecule has 0 saturated carbocycles. The molecule has 0 bridgehead atoms. The topological polar surface area (TPSA) is 102 Å². The first-order chi connectivity index (χ1) is 15.4. The number of halogens is 2. The Balaban J connectivity index is 0.00000162. The van der Waals surface area contributed by atoms with E-state index in [-0.39, 0.29) is 41.3 Å². The van der Waals surface area contributed by atoms with E-state index in [4.69, 9.17) is 0 Å². The third-order valence-electron chi connectivity index (χ3n) is 6.34. The lowest BCUT2D eigenvalue weighted by Gasteiger charge is -2.33. The molecule has 4 heterocycles. The van der Waals surface area contributed by atoms with Gasteiger partial charge in [-0.25, -0.2) is 0 Å². The lowest BCUT2D eigenvalue weighted by molar-refractivity contribution is -0.117. The first-order valence-corrected chi connectivity index (χ1v) is 12.3. The third kappa shape index (κ3) is 5.04. The van der Waals surface area contributed by atoms with Crippen LogP contribution in [-0.4, -0.2) is 60.9 Å². The molecule has 0 spiro atoms. The molecule has 5 rings (SSSR count). The second kappa shape index (κ2) is 10.5. The Kier molecular flexibility index (Phi) is 8.15. The molecular formula is C23H28Cl2N4O4S. The van der Waals surface area contributed by atoms with Gasteiger partial charge in [0, 0.05) is 32.7 Å². The fourth-order valence-corrected chi connectivity index (χ4v) is 5.71. The van der Waals surface area contributed by atoms with Crippen LogP contribution in [0.3, 0.4) is 0 Å². The van der Waals surface area contributed by atoms with Crippen molar-refractivity contribution in [3.05, 3.63) is 81.7 Å². The molecule has 1 aromatic rings. The summed E-state index contributed by atoms with van der Waals surface area (Å²) >= 11 is 0.